The van der Waals surface area contributed by atoms with Crippen LogP contribution in [0.2, 0.25) is 0 Å². The van der Waals surface area contributed by atoms with Gasteiger partial charge in [0.15, 0.2) is 11.5 Å². The molecular formula is C11H20N5O11P3. The summed E-state index contributed by atoms with van der Waals surface area (Å²) in [5, 5.41) is 4.02. The Bertz CT molecular complexity index is 1030. The van der Waals surface area contributed by atoms with Gasteiger partial charge in [0.2, 0.25) is 0 Å². The van der Waals surface area contributed by atoms with Gasteiger partial charge in [0.05, 0.1) is 30.7 Å². The molecule has 0 aliphatic rings. The van der Waals surface area contributed by atoms with Crippen LogP contribution < -0.4 is 5.73 Å². The Hall–Kier alpha value is -1.28. The van der Waals surface area contributed by atoms with E-state index < -0.39 is 42.3 Å². The van der Waals surface area contributed by atoms with Crippen molar-refractivity contribution in [3.8, 4) is 0 Å². The molecule has 2 unspecified atom stereocenters. The van der Waals surface area contributed by atoms with Gasteiger partial charge in [-0.25, -0.2) is 28.2 Å². The molecule has 0 aliphatic carbocycles. The van der Waals surface area contributed by atoms with E-state index in [1.54, 1.807) is 13.8 Å². The lowest BCUT2D eigenvalue weighted by Gasteiger charge is -2.22. The van der Waals surface area contributed by atoms with Gasteiger partial charge in [0, 0.05) is 0 Å². The van der Waals surface area contributed by atoms with Crippen LogP contribution in [0.25, 0.3) is 5.65 Å². The maximum absolute atomic E-state index is 11.8. The standard InChI is InChI=1S/C11H20N5O11P3/c1-3-8(5-24-29(20,21)27-30(22,23)26-28(17,18)19)25-7(2)9-4-13-11-10(12)14-6-15-16(9)11/h4,6-8H,3,5H2,1-2H3,(H,20,21)(H,22,23)(H2,12,14,15)(H2,17,18,19)/t7-,8+/m1/s1. The smallest absolute Gasteiger partial charge is 0.381 e. The minimum absolute atomic E-state index is 0.156. The number of nitrogens with zero attached hydrogens (tertiary/aromatic N) is 4. The number of imidazole rings is 1. The molecule has 2 aromatic rings. The number of rotatable bonds is 11. The highest BCUT2D eigenvalue weighted by Gasteiger charge is 2.41. The summed E-state index contributed by atoms with van der Waals surface area (Å²) in [4.78, 5) is 43.6. The van der Waals surface area contributed by atoms with E-state index in [0.717, 1.165) is 0 Å². The van der Waals surface area contributed by atoms with Crippen LogP contribution >= 0.6 is 23.5 Å². The molecule has 30 heavy (non-hydrogen) atoms. The molecule has 0 fully saturated rings. The third-order valence-electron chi connectivity index (χ3n) is 3.47. The Morgan fingerprint density at radius 2 is 1.80 bits per heavy atom. The predicted octanol–water partition coefficient (Wildman–Crippen LogP) is 0.906. The zero-order valence-electron chi connectivity index (χ0n) is 15.6. The summed E-state index contributed by atoms with van der Waals surface area (Å²) >= 11 is 0. The fourth-order valence-corrected chi connectivity index (χ4v) is 5.27. The lowest BCUT2D eigenvalue weighted by atomic mass is 10.2. The summed E-state index contributed by atoms with van der Waals surface area (Å²) in [5.74, 6) is 0.156. The first-order valence-corrected chi connectivity index (χ1v) is 12.6. The van der Waals surface area contributed by atoms with Crippen molar-refractivity contribution in [3.63, 3.8) is 0 Å². The van der Waals surface area contributed by atoms with Crippen molar-refractivity contribution in [2.75, 3.05) is 12.3 Å². The second-order valence-electron chi connectivity index (χ2n) is 5.76. The van der Waals surface area contributed by atoms with Gasteiger partial charge in [0.1, 0.15) is 6.33 Å². The van der Waals surface area contributed by atoms with E-state index in [2.05, 4.69) is 28.2 Å². The largest absolute Gasteiger partial charge is 0.490 e. The summed E-state index contributed by atoms with van der Waals surface area (Å²) in [6.07, 6.45) is 1.54. The van der Waals surface area contributed by atoms with Crippen molar-refractivity contribution in [2.45, 2.75) is 32.5 Å². The third kappa shape index (κ3) is 7.15. The average molecular weight is 491 g/mol. The summed E-state index contributed by atoms with van der Waals surface area (Å²) in [5.41, 5.74) is 6.52. The molecule has 2 rings (SSSR count). The van der Waals surface area contributed by atoms with Crippen molar-refractivity contribution in [3.05, 3.63) is 18.2 Å². The number of ether oxygens (including phenoxy) is 1. The molecule has 6 N–H and O–H groups in total. The quantitative estimate of drug-likeness (QED) is 0.274. The van der Waals surface area contributed by atoms with Gasteiger partial charge in [-0.1, -0.05) is 6.92 Å². The Morgan fingerprint density at radius 1 is 1.13 bits per heavy atom. The zero-order chi connectivity index (χ0) is 22.7. The summed E-state index contributed by atoms with van der Waals surface area (Å²) < 4.78 is 52.8. The zero-order valence-corrected chi connectivity index (χ0v) is 18.3. The number of hydrogen-bond acceptors (Lipinski definition) is 11. The number of phosphoric ester groups is 1. The van der Waals surface area contributed by atoms with Crippen LogP contribution in [0.1, 0.15) is 32.1 Å². The topological polar surface area (TPSA) is 238 Å². The molecule has 2 heterocycles. The van der Waals surface area contributed by atoms with Crippen LogP contribution in [0, 0.1) is 0 Å². The molecule has 0 radical (unpaired) electrons. The van der Waals surface area contributed by atoms with Crippen LogP contribution in [0.3, 0.4) is 0 Å². The van der Waals surface area contributed by atoms with Crippen molar-refractivity contribution >= 4 is 34.9 Å². The fourth-order valence-electron chi connectivity index (χ4n) is 2.22. The van der Waals surface area contributed by atoms with Crippen LogP contribution in [0.5, 0.6) is 0 Å². The van der Waals surface area contributed by atoms with Crippen LogP contribution in [-0.2, 0) is 31.6 Å². The highest BCUT2D eigenvalue weighted by Crippen LogP contribution is 2.66. The average Bonchev–Trinajstić information content (AvgIpc) is 3.00. The first-order chi connectivity index (χ1) is 13.7. The van der Waals surface area contributed by atoms with Gasteiger partial charge < -0.3 is 30.0 Å². The third-order valence-corrected chi connectivity index (χ3v) is 7.27. The predicted molar refractivity (Wildman–Crippen MR) is 98.6 cm³/mol. The number of nitrogen functional groups attached to an aromatic ring is 1. The van der Waals surface area contributed by atoms with Gasteiger partial charge in [-0.2, -0.15) is 13.7 Å². The van der Waals surface area contributed by atoms with Crippen molar-refractivity contribution < 1.29 is 51.2 Å². The van der Waals surface area contributed by atoms with Crippen LogP contribution in [0.4, 0.5) is 5.82 Å². The molecule has 0 spiro atoms. The van der Waals surface area contributed by atoms with E-state index in [9.17, 15) is 18.6 Å². The number of nitrogens with two attached hydrogens (primary N) is 1. The Morgan fingerprint density at radius 3 is 2.40 bits per heavy atom. The highest BCUT2D eigenvalue weighted by molar-refractivity contribution is 7.66. The molecule has 0 saturated heterocycles. The molecule has 16 nitrogen and oxygen atoms in total. The maximum Gasteiger partial charge on any atom is 0.490 e. The number of hydrogen-bond donors (Lipinski definition) is 5. The van der Waals surface area contributed by atoms with E-state index in [4.69, 9.17) is 25.2 Å². The highest BCUT2D eigenvalue weighted by atomic mass is 31.3. The van der Waals surface area contributed by atoms with Gasteiger partial charge >= 0.3 is 23.5 Å². The maximum atomic E-state index is 11.8. The fraction of sp³-hybridized carbons (Fsp3) is 0.545. The summed E-state index contributed by atoms with van der Waals surface area (Å²) in [7, 11) is -16.3. The van der Waals surface area contributed by atoms with Crippen LogP contribution in [0.15, 0.2) is 12.5 Å². The van der Waals surface area contributed by atoms with Crippen LogP contribution in [-0.4, -0.2) is 51.9 Å². The van der Waals surface area contributed by atoms with E-state index in [0.29, 0.717) is 11.3 Å². The monoisotopic (exact) mass is 491 g/mol. The summed E-state index contributed by atoms with van der Waals surface area (Å²) in [6, 6.07) is 0. The molecule has 0 aliphatic heterocycles. The molecule has 0 aromatic carbocycles. The van der Waals surface area contributed by atoms with E-state index >= 15 is 0 Å². The van der Waals surface area contributed by atoms with E-state index in [1.165, 1.54) is 17.0 Å². The number of fused-ring (bicyclic) bond motifs is 1. The van der Waals surface area contributed by atoms with E-state index in [-0.39, 0.29) is 12.2 Å². The van der Waals surface area contributed by atoms with Gasteiger partial charge in [-0.3, -0.25) is 4.52 Å². The SMILES string of the molecule is CC[C@@H](COP(=O)(O)OP(=O)(O)OP(=O)(O)O)O[C@H](C)c1cnc2c(N)ncnn12. The van der Waals surface area contributed by atoms with Gasteiger partial charge in [-0.15, -0.1) is 0 Å². The minimum Gasteiger partial charge on any atom is -0.381 e. The molecule has 4 atom stereocenters. The van der Waals surface area contributed by atoms with Crippen molar-refractivity contribution in [1.82, 2.24) is 19.6 Å². The van der Waals surface area contributed by atoms with E-state index in [1.807, 2.05) is 0 Å². The molecular weight excluding hydrogens is 471 g/mol. The molecule has 0 amide bonds. The number of phosphoric acid groups is 3. The van der Waals surface area contributed by atoms with Crippen molar-refractivity contribution in [2.24, 2.45) is 0 Å². The second-order valence-corrected chi connectivity index (χ2v) is 10.2. The van der Waals surface area contributed by atoms with Gasteiger partial charge in [-0.05, 0) is 13.3 Å². The molecule has 0 bridgehead atoms. The molecule has 19 heteroatoms. The second kappa shape index (κ2) is 9.47. The molecule has 0 saturated carbocycles. The lowest BCUT2D eigenvalue weighted by molar-refractivity contribution is -0.0356. The Balaban J connectivity index is 2.01. The number of anilines is 1. The minimum atomic E-state index is -5.58. The van der Waals surface area contributed by atoms with Crippen molar-refractivity contribution in [1.29, 1.82) is 0 Å². The molecule has 2 aromatic heterocycles. The Labute approximate surface area is 169 Å². The van der Waals surface area contributed by atoms with Gasteiger partial charge in [0.25, 0.3) is 0 Å². The first-order valence-electron chi connectivity index (χ1n) is 8.11. The lowest BCUT2D eigenvalue weighted by Crippen LogP contribution is -2.21. The number of aromatic nitrogens is 4. The normalized spacial score (nSPS) is 18.6. The molecule has 170 valence electrons. The Kier molecular flexibility index (Phi) is 7.89. The summed E-state index contributed by atoms with van der Waals surface area (Å²) in [6.45, 7) is 2.75. The first kappa shape index (κ1) is 25.0.